The number of carbonyl (C=O) groups is 1. The molecule has 2 aromatic rings. The molecule has 0 aliphatic heterocycles. The zero-order chi connectivity index (χ0) is 15.9. The highest BCUT2D eigenvalue weighted by atomic mass is 16.2. The predicted molar refractivity (Wildman–Crippen MR) is 90.1 cm³/mol. The van der Waals surface area contributed by atoms with E-state index in [4.69, 9.17) is 0 Å². The van der Waals surface area contributed by atoms with E-state index in [-0.39, 0.29) is 6.03 Å². The number of hydrogen-bond donors (Lipinski definition) is 1. The number of likely N-dealkylation sites (N-methyl/N-ethyl adjacent to an activating group) is 1. The Labute approximate surface area is 132 Å². The summed E-state index contributed by atoms with van der Waals surface area (Å²) >= 11 is 0. The minimum Gasteiger partial charge on any atom is -0.324 e. The van der Waals surface area contributed by atoms with E-state index in [9.17, 15) is 4.79 Å². The quantitative estimate of drug-likeness (QED) is 0.912. The van der Waals surface area contributed by atoms with Crippen LogP contribution in [0.15, 0.2) is 42.6 Å². The number of anilines is 1. The normalized spacial score (nSPS) is 10.3. The van der Waals surface area contributed by atoms with E-state index in [0.717, 1.165) is 28.9 Å². The molecule has 22 heavy (non-hydrogen) atoms. The van der Waals surface area contributed by atoms with Crippen LogP contribution in [0.4, 0.5) is 10.5 Å². The summed E-state index contributed by atoms with van der Waals surface area (Å²) in [4.78, 5) is 18.6. The van der Waals surface area contributed by atoms with Crippen molar-refractivity contribution in [1.82, 2.24) is 9.88 Å². The van der Waals surface area contributed by atoms with Crippen molar-refractivity contribution in [2.24, 2.45) is 0 Å². The lowest BCUT2D eigenvalue weighted by molar-refractivity contribution is 0.215. The highest BCUT2D eigenvalue weighted by Gasteiger charge is 2.14. The molecular weight excluding hydrogens is 274 g/mol. The lowest BCUT2D eigenvalue weighted by Crippen LogP contribution is -2.36. The first-order valence-electron chi connectivity index (χ1n) is 7.64. The molecule has 4 nitrogen and oxygen atoms in total. The average Bonchev–Trinajstić information content (AvgIpc) is 2.52. The summed E-state index contributed by atoms with van der Waals surface area (Å²) in [6, 6.07) is 11.8. The minimum absolute atomic E-state index is 0.0594. The second-order valence-electron chi connectivity index (χ2n) is 5.35. The Balaban J connectivity index is 2.00. The van der Waals surface area contributed by atoms with Crippen molar-refractivity contribution >= 4 is 11.7 Å². The second kappa shape index (κ2) is 7.59. The van der Waals surface area contributed by atoms with E-state index in [0.29, 0.717) is 13.1 Å². The SMILES string of the molecule is CCN(CCc1ccccn1)C(=O)Nc1c(C)cccc1C. The van der Waals surface area contributed by atoms with Crippen LogP contribution in [0.1, 0.15) is 23.7 Å². The van der Waals surface area contributed by atoms with Crippen molar-refractivity contribution in [1.29, 1.82) is 0 Å². The van der Waals surface area contributed by atoms with Crippen LogP contribution in [-0.4, -0.2) is 29.0 Å². The van der Waals surface area contributed by atoms with E-state index < -0.39 is 0 Å². The van der Waals surface area contributed by atoms with Crippen molar-refractivity contribution in [3.63, 3.8) is 0 Å². The number of para-hydroxylation sites is 1. The Kier molecular flexibility index (Phi) is 5.53. The first kappa shape index (κ1) is 16.0. The molecule has 2 amide bonds. The molecule has 0 aliphatic carbocycles. The Morgan fingerprint density at radius 1 is 1.14 bits per heavy atom. The van der Waals surface area contributed by atoms with Crippen LogP contribution in [0.5, 0.6) is 0 Å². The molecule has 0 fully saturated rings. The number of aromatic nitrogens is 1. The molecular formula is C18H23N3O. The van der Waals surface area contributed by atoms with E-state index in [2.05, 4.69) is 10.3 Å². The second-order valence-corrected chi connectivity index (χ2v) is 5.35. The number of carbonyl (C=O) groups excluding carboxylic acids is 1. The summed E-state index contributed by atoms with van der Waals surface area (Å²) in [5.74, 6) is 0. The van der Waals surface area contributed by atoms with Crippen molar-refractivity contribution in [2.75, 3.05) is 18.4 Å². The number of benzene rings is 1. The van der Waals surface area contributed by atoms with Crippen LogP contribution < -0.4 is 5.32 Å². The molecule has 2 rings (SSSR count). The van der Waals surface area contributed by atoms with E-state index in [1.807, 2.05) is 57.2 Å². The number of hydrogen-bond acceptors (Lipinski definition) is 2. The zero-order valence-corrected chi connectivity index (χ0v) is 13.5. The maximum Gasteiger partial charge on any atom is 0.321 e. The molecule has 0 radical (unpaired) electrons. The summed E-state index contributed by atoms with van der Waals surface area (Å²) in [5.41, 5.74) is 4.06. The van der Waals surface area contributed by atoms with Gasteiger partial charge in [-0.15, -0.1) is 0 Å². The van der Waals surface area contributed by atoms with Crippen molar-refractivity contribution in [2.45, 2.75) is 27.2 Å². The van der Waals surface area contributed by atoms with Gasteiger partial charge in [0.05, 0.1) is 0 Å². The summed E-state index contributed by atoms with van der Waals surface area (Å²) in [5, 5.41) is 3.03. The molecule has 0 saturated heterocycles. The van der Waals surface area contributed by atoms with E-state index in [1.54, 1.807) is 11.1 Å². The summed E-state index contributed by atoms with van der Waals surface area (Å²) in [6.45, 7) is 7.33. The molecule has 0 bridgehead atoms. The molecule has 1 N–H and O–H groups in total. The van der Waals surface area contributed by atoms with Gasteiger partial charge in [-0.25, -0.2) is 4.79 Å². The third kappa shape index (κ3) is 4.07. The lowest BCUT2D eigenvalue weighted by Gasteiger charge is -2.22. The van der Waals surface area contributed by atoms with Gasteiger partial charge in [0.15, 0.2) is 0 Å². The highest BCUT2D eigenvalue weighted by Crippen LogP contribution is 2.19. The van der Waals surface area contributed by atoms with Crippen molar-refractivity contribution in [3.8, 4) is 0 Å². The Bertz CT molecular complexity index is 605. The van der Waals surface area contributed by atoms with Gasteiger partial charge in [0, 0.05) is 37.1 Å². The van der Waals surface area contributed by atoms with Gasteiger partial charge < -0.3 is 10.2 Å². The number of nitrogens with one attached hydrogen (secondary N) is 1. The maximum atomic E-state index is 12.5. The number of nitrogens with zero attached hydrogens (tertiary/aromatic N) is 2. The topological polar surface area (TPSA) is 45.2 Å². The summed E-state index contributed by atoms with van der Waals surface area (Å²) < 4.78 is 0. The van der Waals surface area contributed by atoms with Crippen molar-refractivity contribution in [3.05, 3.63) is 59.4 Å². The third-order valence-electron chi connectivity index (χ3n) is 3.75. The van der Waals surface area contributed by atoms with Crippen LogP contribution in [0.2, 0.25) is 0 Å². The first-order chi connectivity index (χ1) is 10.6. The fourth-order valence-corrected chi connectivity index (χ4v) is 2.40. The summed E-state index contributed by atoms with van der Waals surface area (Å²) in [6.07, 6.45) is 2.54. The average molecular weight is 297 g/mol. The molecule has 0 atom stereocenters. The number of aryl methyl sites for hydroxylation is 2. The molecule has 0 spiro atoms. The summed E-state index contributed by atoms with van der Waals surface area (Å²) in [7, 11) is 0. The van der Waals surface area contributed by atoms with E-state index in [1.165, 1.54) is 0 Å². The number of amides is 2. The number of pyridine rings is 1. The third-order valence-corrected chi connectivity index (χ3v) is 3.75. The van der Waals surface area contributed by atoms with Crippen molar-refractivity contribution < 1.29 is 4.79 Å². The van der Waals surface area contributed by atoms with Gasteiger partial charge in [0.2, 0.25) is 0 Å². The molecule has 116 valence electrons. The maximum absolute atomic E-state index is 12.5. The molecule has 0 aliphatic rings. The highest BCUT2D eigenvalue weighted by molar-refractivity contribution is 5.91. The van der Waals surface area contributed by atoms with Gasteiger partial charge in [-0.3, -0.25) is 4.98 Å². The molecule has 1 heterocycles. The standard InChI is InChI=1S/C18H23N3O/c1-4-21(13-11-16-10-5-6-12-19-16)18(22)20-17-14(2)8-7-9-15(17)3/h5-10,12H,4,11,13H2,1-3H3,(H,20,22). The van der Waals surface area contributed by atoms with Gasteiger partial charge in [0.25, 0.3) is 0 Å². The largest absolute Gasteiger partial charge is 0.324 e. The molecule has 0 unspecified atom stereocenters. The Morgan fingerprint density at radius 2 is 1.86 bits per heavy atom. The van der Waals surface area contributed by atoms with Gasteiger partial charge in [0.1, 0.15) is 0 Å². The fourth-order valence-electron chi connectivity index (χ4n) is 2.40. The molecule has 1 aromatic carbocycles. The predicted octanol–water partition coefficient (Wildman–Crippen LogP) is 3.79. The zero-order valence-electron chi connectivity index (χ0n) is 13.5. The van der Waals surface area contributed by atoms with E-state index >= 15 is 0 Å². The van der Waals surface area contributed by atoms with Crippen LogP contribution >= 0.6 is 0 Å². The molecule has 1 aromatic heterocycles. The monoisotopic (exact) mass is 297 g/mol. The molecule has 0 saturated carbocycles. The Hall–Kier alpha value is -2.36. The number of rotatable bonds is 5. The smallest absolute Gasteiger partial charge is 0.321 e. The van der Waals surface area contributed by atoms with Gasteiger partial charge in [-0.05, 0) is 44.0 Å². The molecule has 4 heteroatoms. The van der Waals surface area contributed by atoms with Crippen LogP contribution in [0, 0.1) is 13.8 Å². The van der Waals surface area contributed by atoms with Gasteiger partial charge >= 0.3 is 6.03 Å². The van der Waals surface area contributed by atoms with Gasteiger partial charge in [-0.1, -0.05) is 24.3 Å². The lowest BCUT2D eigenvalue weighted by atomic mass is 10.1. The number of urea groups is 1. The Morgan fingerprint density at radius 3 is 2.45 bits per heavy atom. The fraction of sp³-hybridized carbons (Fsp3) is 0.333. The van der Waals surface area contributed by atoms with Crippen LogP contribution in [0.25, 0.3) is 0 Å². The van der Waals surface area contributed by atoms with Gasteiger partial charge in [-0.2, -0.15) is 0 Å². The first-order valence-corrected chi connectivity index (χ1v) is 7.64. The van der Waals surface area contributed by atoms with Crippen LogP contribution in [0.3, 0.4) is 0 Å². The minimum atomic E-state index is -0.0594. The van der Waals surface area contributed by atoms with Crippen LogP contribution in [-0.2, 0) is 6.42 Å².